The molecule has 1 aromatic rings. The lowest BCUT2D eigenvalue weighted by atomic mass is 10.1. The molecule has 4 nitrogen and oxygen atoms in total. The van der Waals surface area contributed by atoms with Gasteiger partial charge < -0.3 is 15.4 Å². The maximum Gasteiger partial charge on any atom is 0.406 e. The molecule has 0 radical (unpaired) electrons. The second-order valence-corrected chi connectivity index (χ2v) is 4.27. The molecule has 0 aliphatic heterocycles. The Bertz CT molecular complexity index is 475. The SMILES string of the molecule is CCCN(CC(F)(F)F)C(=O)c1c(N)cccc1OC. The average molecular weight is 290 g/mol. The third-order valence-corrected chi connectivity index (χ3v) is 2.64. The molecule has 0 fully saturated rings. The van der Waals surface area contributed by atoms with Crippen LogP contribution in [-0.4, -0.2) is 37.2 Å². The first-order chi connectivity index (χ1) is 9.30. The van der Waals surface area contributed by atoms with Crippen molar-refractivity contribution in [2.24, 2.45) is 0 Å². The lowest BCUT2D eigenvalue weighted by Crippen LogP contribution is -2.39. The summed E-state index contributed by atoms with van der Waals surface area (Å²) in [4.78, 5) is 13.0. The smallest absolute Gasteiger partial charge is 0.406 e. The molecule has 0 saturated heterocycles. The third-order valence-electron chi connectivity index (χ3n) is 2.64. The van der Waals surface area contributed by atoms with Gasteiger partial charge in [0, 0.05) is 12.2 Å². The van der Waals surface area contributed by atoms with E-state index in [0.29, 0.717) is 6.42 Å². The van der Waals surface area contributed by atoms with E-state index >= 15 is 0 Å². The van der Waals surface area contributed by atoms with E-state index in [0.717, 1.165) is 4.90 Å². The van der Waals surface area contributed by atoms with Gasteiger partial charge in [0.05, 0.1) is 7.11 Å². The van der Waals surface area contributed by atoms with Gasteiger partial charge >= 0.3 is 6.18 Å². The van der Waals surface area contributed by atoms with Gasteiger partial charge in [0.25, 0.3) is 5.91 Å². The van der Waals surface area contributed by atoms with Crippen molar-refractivity contribution in [3.05, 3.63) is 23.8 Å². The molecule has 0 bridgehead atoms. The molecule has 1 rings (SSSR count). The Hall–Kier alpha value is -1.92. The van der Waals surface area contributed by atoms with E-state index in [1.807, 2.05) is 0 Å². The van der Waals surface area contributed by atoms with Crippen LogP contribution in [0.1, 0.15) is 23.7 Å². The monoisotopic (exact) mass is 290 g/mol. The van der Waals surface area contributed by atoms with Crippen LogP contribution in [0.3, 0.4) is 0 Å². The fourth-order valence-corrected chi connectivity index (χ4v) is 1.84. The molecular formula is C13H17F3N2O2. The van der Waals surface area contributed by atoms with Gasteiger partial charge in [0.1, 0.15) is 17.9 Å². The molecule has 0 spiro atoms. The van der Waals surface area contributed by atoms with Crippen LogP contribution in [0.5, 0.6) is 5.75 Å². The van der Waals surface area contributed by atoms with E-state index in [-0.39, 0.29) is 23.5 Å². The summed E-state index contributed by atoms with van der Waals surface area (Å²) in [5.41, 5.74) is 5.75. The predicted molar refractivity (Wildman–Crippen MR) is 69.7 cm³/mol. The highest BCUT2D eigenvalue weighted by Gasteiger charge is 2.34. The van der Waals surface area contributed by atoms with Gasteiger partial charge in [-0.1, -0.05) is 13.0 Å². The molecule has 1 aromatic carbocycles. The number of methoxy groups -OCH3 is 1. The second kappa shape index (κ2) is 6.49. The van der Waals surface area contributed by atoms with Gasteiger partial charge in [-0.2, -0.15) is 13.2 Å². The van der Waals surface area contributed by atoms with Crippen LogP contribution in [0.25, 0.3) is 0 Å². The number of rotatable bonds is 5. The van der Waals surface area contributed by atoms with Crippen LogP contribution in [0, 0.1) is 0 Å². The molecule has 0 aliphatic carbocycles. The number of benzene rings is 1. The fraction of sp³-hybridized carbons (Fsp3) is 0.462. The third kappa shape index (κ3) is 4.04. The number of hydrogen-bond acceptors (Lipinski definition) is 3. The van der Waals surface area contributed by atoms with E-state index in [1.165, 1.54) is 19.2 Å². The number of carbonyl (C=O) groups is 1. The minimum Gasteiger partial charge on any atom is -0.496 e. The van der Waals surface area contributed by atoms with Gasteiger partial charge in [-0.3, -0.25) is 4.79 Å². The normalized spacial score (nSPS) is 11.2. The maximum atomic E-state index is 12.5. The Kier molecular flexibility index (Phi) is 5.24. The Morgan fingerprint density at radius 2 is 2.05 bits per heavy atom. The maximum absolute atomic E-state index is 12.5. The number of anilines is 1. The van der Waals surface area contributed by atoms with Gasteiger partial charge in [-0.05, 0) is 18.6 Å². The zero-order valence-electron chi connectivity index (χ0n) is 11.3. The topological polar surface area (TPSA) is 55.6 Å². The summed E-state index contributed by atoms with van der Waals surface area (Å²) in [7, 11) is 1.33. The van der Waals surface area contributed by atoms with Crippen molar-refractivity contribution in [3.8, 4) is 5.75 Å². The van der Waals surface area contributed by atoms with E-state index in [2.05, 4.69) is 0 Å². The predicted octanol–water partition coefficient (Wildman–Crippen LogP) is 2.69. The Morgan fingerprint density at radius 3 is 2.55 bits per heavy atom. The lowest BCUT2D eigenvalue weighted by molar-refractivity contribution is -0.140. The fourth-order valence-electron chi connectivity index (χ4n) is 1.84. The van der Waals surface area contributed by atoms with E-state index in [1.54, 1.807) is 13.0 Å². The zero-order valence-corrected chi connectivity index (χ0v) is 11.3. The first-order valence-electron chi connectivity index (χ1n) is 6.08. The first kappa shape index (κ1) is 16.1. The van der Waals surface area contributed by atoms with Crippen LogP contribution in [0.2, 0.25) is 0 Å². The van der Waals surface area contributed by atoms with Crippen molar-refractivity contribution in [2.45, 2.75) is 19.5 Å². The summed E-state index contributed by atoms with van der Waals surface area (Å²) >= 11 is 0. The summed E-state index contributed by atoms with van der Waals surface area (Å²) in [5.74, 6) is -0.614. The minimum absolute atomic E-state index is 0.00414. The summed E-state index contributed by atoms with van der Waals surface area (Å²) in [6.07, 6.45) is -4.04. The van der Waals surface area contributed by atoms with Crippen molar-refractivity contribution in [2.75, 3.05) is 25.9 Å². The number of carbonyl (C=O) groups excluding carboxylic acids is 1. The number of ether oxygens (including phenoxy) is 1. The van der Waals surface area contributed by atoms with Crippen molar-refractivity contribution in [1.29, 1.82) is 0 Å². The first-order valence-corrected chi connectivity index (χ1v) is 6.08. The molecule has 0 aliphatic rings. The number of nitrogen functional groups attached to an aromatic ring is 1. The summed E-state index contributed by atoms with van der Waals surface area (Å²) in [6, 6.07) is 4.51. The molecule has 0 heterocycles. The van der Waals surface area contributed by atoms with Crippen LogP contribution >= 0.6 is 0 Å². The van der Waals surface area contributed by atoms with Gasteiger partial charge in [-0.25, -0.2) is 0 Å². The molecular weight excluding hydrogens is 273 g/mol. The Balaban J connectivity index is 3.12. The Labute approximate surface area is 115 Å². The highest BCUT2D eigenvalue weighted by molar-refractivity contribution is 6.01. The molecule has 1 amide bonds. The van der Waals surface area contributed by atoms with Gasteiger partial charge in [0.15, 0.2) is 0 Å². The van der Waals surface area contributed by atoms with Crippen molar-refractivity contribution in [3.63, 3.8) is 0 Å². The second-order valence-electron chi connectivity index (χ2n) is 4.27. The van der Waals surface area contributed by atoms with E-state index in [9.17, 15) is 18.0 Å². The van der Waals surface area contributed by atoms with Crippen LogP contribution in [-0.2, 0) is 0 Å². The van der Waals surface area contributed by atoms with E-state index < -0.39 is 18.6 Å². The number of nitrogens with zero attached hydrogens (tertiary/aromatic N) is 1. The molecule has 2 N–H and O–H groups in total. The lowest BCUT2D eigenvalue weighted by Gasteiger charge is -2.24. The van der Waals surface area contributed by atoms with Crippen LogP contribution in [0.4, 0.5) is 18.9 Å². The number of hydrogen-bond donors (Lipinski definition) is 1. The van der Waals surface area contributed by atoms with Gasteiger partial charge in [-0.15, -0.1) is 0 Å². The quantitative estimate of drug-likeness (QED) is 0.848. The van der Waals surface area contributed by atoms with E-state index in [4.69, 9.17) is 10.5 Å². The average Bonchev–Trinajstić information content (AvgIpc) is 2.35. The summed E-state index contributed by atoms with van der Waals surface area (Å²) < 4.78 is 42.6. The van der Waals surface area contributed by atoms with Crippen molar-refractivity contribution in [1.82, 2.24) is 4.90 Å². The van der Waals surface area contributed by atoms with Crippen LogP contribution < -0.4 is 10.5 Å². The largest absolute Gasteiger partial charge is 0.496 e. The number of alkyl halides is 3. The summed E-state index contributed by atoms with van der Waals surface area (Å²) in [6.45, 7) is 0.384. The molecule has 112 valence electrons. The molecule has 0 aromatic heterocycles. The van der Waals surface area contributed by atoms with Crippen molar-refractivity contribution >= 4 is 11.6 Å². The zero-order chi connectivity index (χ0) is 15.3. The molecule has 7 heteroatoms. The standard InChI is InChI=1S/C13H17F3N2O2/c1-3-7-18(8-13(14,15)16)12(19)11-9(17)5-4-6-10(11)20-2/h4-6H,3,7-8,17H2,1-2H3. The number of amides is 1. The Morgan fingerprint density at radius 1 is 1.40 bits per heavy atom. The highest BCUT2D eigenvalue weighted by Crippen LogP contribution is 2.27. The van der Waals surface area contributed by atoms with Crippen molar-refractivity contribution < 1.29 is 22.7 Å². The number of nitrogens with two attached hydrogens (primary N) is 1. The molecule has 0 unspecified atom stereocenters. The molecule has 0 atom stereocenters. The van der Waals surface area contributed by atoms with Gasteiger partial charge in [0.2, 0.25) is 0 Å². The molecule has 20 heavy (non-hydrogen) atoms. The highest BCUT2D eigenvalue weighted by atomic mass is 19.4. The molecule has 0 saturated carbocycles. The number of halogens is 3. The summed E-state index contributed by atoms with van der Waals surface area (Å²) in [5, 5.41) is 0. The van der Waals surface area contributed by atoms with Crippen LogP contribution in [0.15, 0.2) is 18.2 Å². The minimum atomic E-state index is -4.46.